The Kier molecular flexibility index (Phi) is 6.77. The first-order chi connectivity index (χ1) is 14.5. The molecule has 162 valence electrons. The summed E-state index contributed by atoms with van der Waals surface area (Å²) < 4.78 is 26.8. The molecule has 2 aromatic rings. The summed E-state index contributed by atoms with van der Waals surface area (Å²) >= 11 is 1.45. The maximum atomic E-state index is 12.7. The SMILES string of the molecule is O=C(Nc1nc(CN2CCCCC2)cs1)C1CCN(S(=O)(=O)c2cccnc2)CC1. The van der Waals surface area contributed by atoms with Crippen molar-refractivity contribution in [3.8, 4) is 0 Å². The Morgan fingerprint density at radius 2 is 1.93 bits per heavy atom. The van der Waals surface area contributed by atoms with Crippen molar-refractivity contribution in [2.24, 2.45) is 5.92 Å². The molecule has 2 aliphatic heterocycles. The fraction of sp³-hybridized carbons (Fsp3) is 0.550. The first-order valence-electron chi connectivity index (χ1n) is 10.4. The number of carbonyl (C=O) groups is 1. The molecule has 0 radical (unpaired) electrons. The molecule has 8 nitrogen and oxygen atoms in total. The van der Waals surface area contributed by atoms with Crippen LogP contribution in [0.5, 0.6) is 0 Å². The van der Waals surface area contributed by atoms with Crippen molar-refractivity contribution in [1.29, 1.82) is 0 Å². The number of aromatic nitrogens is 2. The number of nitrogens with zero attached hydrogens (tertiary/aromatic N) is 4. The van der Waals surface area contributed by atoms with Crippen molar-refractivity contribution >= 4 is 32.4 Å². The maximum absolute atomic E-state index is 12.7. The predicted molar refractivity (Wildman–Crippen MR) is 116 cm³/mol. The summed E-state index contributed by atoms with van der Waals surface area (Å²) in [7, 11) is -3.56. The largest absolute Gasteiger partial charge is 0.302 e. The number of hydrogen-bond donors (Lipinski definition) is 1. The van der Waals surface area contributed by atoms with Crippen LogP contribution in [-0.4, -0.2) is 59.7 Å². The summed E-state index contributed by atoms with van der Waals surface area (Å²) in [6.45, 7) is 3.71. The van der Waals surface area contributed by atoms with Crippen LogP contribution in [0.4, 0.5) is 5.13 Å². The van der Waals surface area contributed by atoms with Crippen LogP contribution < -0.4 is 5.32 Å². The number of amides is 1. The number of carbonyl (C=O) groups excluding carboxylic acids is 1. The monoisotopic (exact) mass is 449 g/mol. The van der Waals surface area contributed by atoms with E-state index in [-0.39, 0.29) is 16.7 Å². The Morgan fingerprint density at radius 3 is 2.63 bits per heavy atom. The molecule has 0 atom stereocenters. The van der Waals surface area contributed by atoms with Gasteiger partial charge in [-0.1, -0.05) is 6.42 Å². The molecular weight excluding hydrogens is 422 g/mol. The van der Waals surface area contributed by atoms with Gasteiger partial charge in [0, 0.05) is 43.3 Å². The van der Waals surface area contributed by atoms with Crippen molar-refractivity contribution < 1.29 is 13.2 Å². The van der Waals surface area contributed by atoms with E-state index in [4.69, 9.17) is 0 Å². The molecule has 2 saturated heterocycles. The van der Waals surface area contributed by atoms with E-state index >= 15 is 0 Å². The average Bonchev–Trinajstić information content (AvgIpc) is 3.21. The molecule has 1 amide bonds. The third-order valence-corrected chi connectivity index (χ3v) is 8.40. The van der Waals surface area contributed by atoms with Crippen LogP contribution >= 0.6 is 11.3 Å². The fourth-order valence-electron chi connectivity index (χ4n) is 4.00. The maximum Gasteiger partial charge on any atom is 0.244 e. The lowest BCUT2D eigenvalue weighted by Crippen LogP contribution is -2.41. The van der Waals surface area contributed by atoms with Crippen LogP contribution in [0.2, 0.25) is 0 Å². The Labute approximate surface area is 181 Å². The van der Waals surface area contributed by atoms with E-state index in [1.165, 1.54) is 41.1 Å². The van der Waals surface area contributed by atoms with E-state index in [9.17, 15) is 13.2 Å². The molecule has 1 N–H and O–H groups in total. The minimum Gasteiger partial charge on any atom is -0.302 e. The first kappa shape index (κ1) is 21.4. The van der Waals surface area contributed by atoms with Crippen molar-refractivity contribution in [3.63, 3.8) is 0 Å². The lowest BCUT2D eigenvalue weighted by Gasteiger charge is -2.30. The minimum absolute atomic E-state index is 0.0766. The zero-order chi connectivity index (χ0) is 21.0. The lowest BCUT2D eigenvalue weighted by molar-refractivity contribution is -0.120. The third kappa shape index (κ3) is 5.05. The van der Waals surface area contributed by atoms with Crippen molar-refractivity contribution in [1.82, 2.24) is 19.2 Å². The molecule has 2 aromatic heterocycles. The van der Waals surface area contributed by atoms with Crippen LogP contribution in [0, 0.1) is 5.92 Å². The summed E-state index contributed by atoms with van der Waals surface area (Å²) in [5, 5.41) is 5.56. The molecule has 4 rings (SSSR count). The zero-order valence-corrected chi connectivity index (χ0v) is 18.5. The molecule has 0 unspecified atom stereocenters. The average molecular weight is 450 g/mol. The van der Waals surface area contributed by atoms with Gasteiger partial charge in [0.05, 0.1) is 5.69 Å². The van der Waals surface area contributed by atoms with Gasteiger partial charge in [0.15, 0.2) is 5.13 Å². The van der Waals surface area contributed by atoms with Crippen LogP contribution in [0.3, 0.4) is 0 Å². The molecule has 0 aliphatic carbocycles. The van der Waals surface area contributed by atoms with Crippen molar-refractivity contribution in [3.05, 3.63) is 35.6 Å². The number of sulfonamides is 1. The molecular formula is C20H27N5O3S2. The van der Waals surface area contributed by atoms with Gasteiger partial charge >= 0.3 is 0 Å². The molecule has 0 bridgehead atoms. The Balaban J connectivity index is 1.28. The Morgan fingerprint density at radius 1 is 1.17 bits per heavy atom. The van der Waals surface area contributed by atoms with Crippen LogP contribution in [-0.2, 0) is 21.4 Å². The van der Waals surface area contributed by atoms with Gasteiger partial charge in [0.1, 0.15) is 4.90 Å². The van der Waals surface area contributed by atoms with E-state index < -0.39 is 10.0 Å². The second kappa shape index (κ2) is 9.51. The van der Waals surface area contributed by atoms with Gasteiger partial charge in [-0.25, -0.2) is 13.4 Å². The Hall–Kier alpha value is -1.88. The fourth-order valence-corrected chi connectivity index (χ4v) is 6.14. The number of thiazole rings is 1. The molecule has 0 spiro atoms. The number of pyridine rings is 1. The highest BCUT2D eigenvalue weighted by atomic mass is 32.2. The number of rotatable bonds is 6. The predicted octanol–water partition coefficient (Wildman–Crippen LogP) is 2.56. The van der Waals surface area contributed by atoms with Gasteiger partial charge in [0.25, 0.3) is 0 Å². The van der Waals surface area contributed by atoms with E-state index in [2.05, 4.69) is 20.2 Å². The molecule has 2 fully saturated rings. The van der Waals surface area contributed by atoms with Crippen LogP contribution in [0.1, 0.15) is 37.8 Å². The minimum atomic E-state index is -3.56. The highest BCUT2D eigenvalue weighted by molar-refractivity contribution is 7.89. The summed E-state index contributed by atoms with van der Waals surface area (Å²) in [6.07, 6.45) is 7.68. The standard InChI is InChI=1S/C20H27N5O3S2/c26-19(23-20-22-17(15-29-20)14-24-9-2-1-3-10-24)16-6-11-25(12-7-16)30(27,28)18-5-4-8-21-13-18/h4-5,8,13,15-16H,1-3,6-7,9-12,14H2,(H,22,23,26). The number of anilines is 1. The highest BCUT2D eigenvalue weighted by Crippen LogP contribution is 2.25. The molecule has 10 heteroatoms. The smallest absolute Gasteiger partial charge is 0.244 e. The van der Waals surface area contributed by atoms with E-state index in [0.29, 0.717) is 31.1 Å². The summed E-state index contributed by atoms with van der Waals surface area (Å²) in [5.41, 5.74) is 0.995. The van der Waals surface area contributed by atoms with Crippen LogP contribution in [0.25, 0.3) is 0 Å². The number of nitrogens with one attached hydrogen (secondary N) is 1. The summed E-state index contributed by atoms with van der Waals surface area (Å²) in [4.78, 5) is 23.7. The van der Waals surface area contributed by atoms with Crippen molar-refractivity contribution in [2.75, 3.05) is 31.5 Å². The van der Waals surface area contributed by atoms with Gasteiger partial charge in [-0.05, 0) is 50.9 Å². The quantitative estimate of drug-likeness (QED) is 0.728. The number of hydrogen-bond acceptors (Lipinski definition) is 7. The van der Waals surface area contributed by atoms with Crippen molar-refractivity contribution in [2.45, 2.75) is 43.5 Å². The summed E-state index contributed by atoms with van der Waals surface area (Å²) in [5.74, 6) is -0.285. The number of piperidine rings is 2. The van der Waals surface area contributed by atoms with Gasteiger partial charge in [-0.3, -0.25) is 14.7 Å². The van der Waals surface area contributed by atoms with E-state index in [0.717, 1.165) is 25.3 Å². The Bertz CT molecular complexity index is 950. The highest BCUT2D eigenvalue weighted by Gasteiger charge is 2.32. The zero-order valence-electron chi connectivity index (χ0n) is 16.9. The van der Waals surface area contributed by atoms with E-state index in [1.54, 1.807) is 18.3 Å². The number of likely N-dealkylation sites (tertiary alicyclic amines) is 1. The second-order valence-corrected chi connectivity index (χ2v) is 10.6. The lowest BCUT2D eigenvalue weighted by atomic mass is 9.97. The van der Waals surface area contributed by atoms with Gasteiger partial charge in [0.2, 0.25) is 15.9 Å². The molecule has 0 saturated carbocycles. The van der Waals surface area contributed by atoms with Gasteiger partial charge in [-0.15, -0.1) is 11.3 Å². The van der Waals surface area contributed by atoms with Crippen LogP contribution in [0.15, 0.2) is 34.8 Å². The topological polar surface area (TPSA) is 95.5 Å². The van der Waals surface area contributed by atoms with E-state index in [1.807, 2.05) is 5.38 Å². The third-order valence-electron chi connectivity index (χ3n) is 5.71. The summed E-state index contributed by atoms with van der Waals surface area (Å²) in [6, 6.07) is 3.16. The van der Waals surface area contributed by atoms with Gasteiger partial charge in [-0.2, -0.15) is 4.31 Å². The molecule has 30 heavy (non-hydrogen) atoms. The first-order valence-corrected chi connectivity index (χ1v) is 12.7. The van der Waals surface area contributed by atoms with Gasteiger partial charge < -0.3 is 5.32 Å². The molecule has 2 aliphatic rings. The second-order valence-electron chi connectivity index (χ2n) is 7.84. The molecule has 0 aromatic carbocycles. The molecule has 4 heterocycles. The normalized spacial score (nSPS) is 19.6.